The fraction of sp³-hybridized carbons (Fsp3) is 0.182. The third-order valence-electron chi connectivity index (χ3n) is 7.65. The minimum absolute atomic E-state index is 0.118. The Morgan fingerprint density at radius 1 is 1.00 bits per heavy atom. The molecule has 1 N–H and O–H groups in total. The first-order valence-corrected chi connectivity index (χ1v) is 13.5. The zero-order valence-corrected chi connectivity index (χ0v) is 22.5. The van der Waals surface area contributed by atoms with Gasteiger partial charge in [0.25, 0.3) is 0 Å². The number of ketones is 2. The van der Waals surface area contributed by atoms with Crippen molar-refractivity contribution in [1.82, 2.24) is 4.98 Å². The summed E-state index contributed by atoms with van der Waals surface area (Å²) in [6.07, 6.45) is 3.93. The van der Waals surface area contributed by atoms with Crippen molar-refractivity contribution in [1.29, 1.82) is 0 Å². The van der Waals surface area contributed by atoms with Crippen LogP contribution in [-0.4, -0.2) is 21.7 Å². The van der Waals surface area contributed by atoms with Crippen LogP contribution in [0.25, 0.3) is 33.4 Å². The summed E-state index contributed by atoms with van der Waals surface area (Å²) in [5.41, 5.74) is 3.46. The SMILES string of the molecule is CCC(=O)c1c(-c2ccc(F)cc2)oc2ccc(-c3cc(C(=O)CC4(c5ccccn5)CC4)c(O)cc3Cl)cc12. The number of phenolic OH excluding ortho intramolecular Hbond substituents is 1. The van der Waals surface area contributed by atoms with Gasteiger partial charge in [-0.2, -0.15) is 0 Å². The summed E-state index contributed by atoms with van der Waals surface area (Å²) < 4.78 is 19.6. The quantitative estimate of drug-likeness (QED) is 0.195. The molecule has 6 rings (SSSR count). The molecule has 0 unspecified atom stereocenters. The Bertz CT molecular complexity index is 1770. The number of Topliss-reactive ketones (excluding diaryl/α,β-unsaturated/α-hetero) is 2. The number of furan rings is 1. The Balaban J connectivity index is 1.41. The van der Waals surface area contributed by atoms with Gasteiger partial charge in [-0.1, -0.05) is 30.7 Å². The highest BCUT2D eigenvalue weighted by atomic mass is 35.5. The lowest BCUT2D eigenvalue weighted by Gasteiger charge is -2.15. The molecule has 200 valence electrons. The smallest absolute Gasteiger partial charge is 0.167 e. The van der Waals surface area contributed by atoms with Crippen molar-refractivity contribution in [3.63, 3.8) is 0 Å². The predicted octanol–water partition coefficient (Wildman–Crippen LogP) is 8.56. The Kier molecular flexibility index (Phi) is 6.51. The Morgan fingerprint density at radius 3 is 2.42 bits per heavy atom. The Hall–Kier alpha value is -4.29. The zero-order chi connectivity index (χ0) is 28.0. The summed E-state index contributed by atoms with van der Waals surface area (Å²) in [4.78, 5) is 31.0. The molecule has 2 heterocycles. The lowest BCUT2D eigenvalue weighted by Crippen LogP contribution is -2.15. The van der Waals surface area contributed by atoms with Crippen molar-refractivity contribution in [2.75, 3.05) is 0 Å². The van der Waals surface area contributed by atoms with E-state index < -0.39 is 0 Å². The summed E-state index contributed by atoms with van der Waals surface area (Å²) in [5, 5.41) is 11.5. The second-order valence-electron chi connectivity index (χ2n) is 10.2. The number of nitrogens with zero attached hydrogens (tertiary/aromatic N) is 1. The van der Waals surface area contributed by atoms with Crippen LogP contribution in [0.2, 0.25) is 5.02 Å². The highest BCUT2D eigenvalue weighted by molar-refractivity contribution is 6.34. The summed E-state index contributed by atoms with van der Waals surface area (Å²) in [7, 11) is 0. The number of carbonyl (C=O) groups is 2. The number of rotatable bonds is 8. The molecule has 0 saturated heterocycles. The minimum Gasteiger partial charge on any atom is -0.507 e. The van der Waals surface area contributed by atoms with Crippen molar-refractivity contribution in [3.8, 4) is 28.2 Å². The van der Waals surface area contributed by atoms with Gasteiger partial charge in [0.05, 0.1) is 16.1 Å². The van der Waals surface area contributed by atoms with E-state index >= 15 is 0 Å². The van der Waals surface area contributed by atoms with E-state index in [9.17, 15) is 19.1 Å². The van der Waals surface area contributed by atoms with Gasteiger partial charge in [0.2, 0.25) is 0 Å². The van der Waals surface area contributed by atoms with Gasteiger partial charge in [-0.05, 0) is 79.1 Å². The summed E-state index contributed by atoms with van der Waals surface area (Å²) >= 11 is 6.57. The third kappa shape index (κ3) is 4.58. The van der Waals surface area contributed by atoms with Gasteiger partial charge in [-0.3, -0.25) is 14.6 Å². The zero-order valence-electron chi connectivity index (χ0n) is 21.7. The lowest BCUT2D eigenvalue weighted by atomic mass is 9.90. The molecule has 3 aromatic carbocycles. The maximum Gasteiger partial charge on any atom is 0.167 e. The first-order valence-electron chi connectivity index (χ1n) is 13.1. The van der Waals surface area contributed by atoms with Gasteiger partial charge in [-0.25, -0.2) is 4.39 Å². The van der Waals surface area contributed by atoms with Crippen molar-refractivity contribution < 1.29 is 23.5 Å². The van der Waals surface area contributed by atoms with E-state index in [4.69, 9.17) is 16.0 Å². The second-order valence-corrected chi connectivity index (χ2v) is 10.7. The van der Waals surface area contributed by atoms with E-state index in [-0.39, 0.29) is 52.0 Å². The van der Waals surface area contributed by atoms with E-state index in [2.05, 4.69) is 4.98 Å². The monoisotopic (exact) mass is 553 g/mol. The predicted molar refractivity (Wildman–Crippen MR) is 152 cm³/mol. The highest BCUT2D eigenvalue weighted by Gasteiger charge is 2.47. The summed E-state index contributed by atoms with van der Waals surface area (Å²) in [5.74, 6) is -0.502. The number of hydrogen-bond acceptors (Lipinski definition) is 5. The van der Waals surface area contributed by atoms with Gasteiger partial charge in [0, 0.05) is 46.7 Å². The lowest BCUT2D eigenvalue weighted by molar-refractivity contribution is 0.0964. The molecule has 1 fully saturated rings. The van der Waals surface area contributed by atoms with Crippen LogP contribution >= 0.6 is 11.6 Å². The molecule has 0 bridgehead atoms. The van der Waals surface area contributed by atoms with Crippen LogP contribution < -0.4 is 0 Å². The van der Waals surface area contributed by atoms with Crippen LogP contribution in [0.4, 0.5) is 4.39 Å². The van der Waals surface area contributed by atoms with Crippen LogP contribution in [0.15, 0.2) is 83.4 Å². The molecule has 0 spiro atoms. The van der Waals surface area contributed by atoms with Gasteiger partial charge in [0.15, 0.2) is 11.6 Å². The maximum atomic E-state index is 13.6. The van der Waals surface area contributed by atoms with Crippen LogP contribution in [0.3, 0.4) is 0 Å². The molecular weight excluding hydrogens is 529 g/mol. The molecule has 0 atom stereocenters. The Morgan fingerprint density at radius 2 is 1.75 bits per heavy atom. The molecule has 5 aromatic rings. The number of aromatic hydroxyl groups is 1. The normalized spacial score (nSPS) is 13.9. The topological polar surface area (TPSA) is 80.4 Å². The molecule has 0 radical (unpaired) electrons. The summed E-state index contributed by atoms with van der Waals surface area (Å²) in [6, 6.07) is 19.8. The molecule has 2 aromatic heterocycles. The third-order valence-corrected chi connectivity index (χ3v) is 7.96. The first kappa shape index (κ1) is 26.0. The van der Waals surface area contributed by atoms with Crippen LogP contribution in [0.1, 0.15) is 59.0 Å². The molecule has 7 heteroatoms. The number of carbonyl (C=O) groups excluding carboxylic acids is 2. The number of phenols is 1. The molecule has 1 aliphatic rings. The van der Waals surface area contributed by atoms with Gasteiger partial charge < -0.3 is 9.52 Å². The average Bonchev–Trinajstić information content (AvgIpc) is 3.64. The van der Waals surface area contributed by atoms with Gasteiger partial charge in [-0.15, -0.1) is 0 Å². The molecular formula is C33H25ClFNO4. The molecule has 1 aliphatic carbocycles. The standard InChI is InChI=1S/C33H25ClFNO4/c1-2-26(37)31-24-15-20(8-11-29(24)40-32(31)19-6-9-21(35)10-7-19)22-16-23(27(38)17-25(22)34)28(39)18-33(12-13-33)30-5-3-4-14-36-30/h3-11,14-17,38H,2,12-13,18H2,1H3. The number of pyridine rings is 1. The number of halogens is 2. The van der Waals surface area contributed by atoms with Crippen LogP contribution in [0, 0.1) is 5.82 Å². The van der Waals surface area contributed by atoms with E-state index in [1.807, 2.05) is 18.2 Å². The van der Waals surface area contributed by atoms with Crippen molar-refractivity contribution in [2.45, 2.75) is 38.0 Å². The van der Waals surface area contributed by atoms with Crippen LogP contribution in [-0.2, 0) is 5.41 Å². The number of aromatic nitrogens is 1. The first-order chi connectivity index (χ1) is 19.3. The average molecular weight is 554 g/mol. The van der Waals surface area contributed by atoms with Crippen molar-refractivity contribution in [2.24, 2.45) is 0 Å². The molecule has 0 amide bonds. The van der Waals surface area contributed by atoms with Gasteiger partial charge in [0.1, 0.15) is 22.9 Å². The van der Waals surface area contributed by atoms with Crippen molar-refractivity contribution >= 4 is 34.1 Å². The van der Waals surface area contributed by atoms with E-state index in [0.29, 0.717) is 39.0 Å². The fourth-order valence-corrected chi connectivity index (χ4v) is 5.55. The molecule has 1 saturated carbocycles. The largest absolute Gasteiger partial charge is 0.507 e. The second kappa shape index (κ2) is 10.0. The molecule has 5 nitrogen and oxygen atoms in total. The Labute approximate surface area is 235 Å². The highest BCUT2D eigenvalue weighted by Crippen LogP contribution is 2.51. The number of fused-ring (bicyclic) bond motifs is 1. The maximum absolute atomic E-state index is 13.6. The van der Waals surface area contributed by atoms with Crippen molar-refractivity contribution in [3.05, 3.63) is 107 Å². The number of hydrogen-bond donors (Lipinski definition) is 1. The van der Waals surface area contributed by atoms with Crippen LogP contribution in [0.5, 0.6) is 5.75 Å². The van der Waals surface area contributed by atoms with E-state index in [0.717, 1.165) is 18.5 Å². The van der Waals surface area contributed by atoms with E-state index in [1.54, 1.807) is 49.5 Å². The number of benzene rings is 3. The summed E-state index contributed by atoms with van der Waals surface area (Å²) in [6.45, 7) is 1.77. The van der Waals surface area contributed by atoms with E-state index in [1.165, 1.54) is 18.2 Å². The minimum atomic E-state index is -0.384. The molecule has 0 aliphatic heterocycles. The molecule has 40 heavy (non-hydrogen) atoms. The fourth-order valence-electron chi connectivity index (χ4n) is 5.28. The van der Waals surface area contributed by atoms with Gasteiger partial charge >= 0.3 is 0 Å².